The minimum Gasteiger partial charge on any atom is -0.334 e. The fourth-order valence-corrected chi connectivity index (χ4v) is 4.46. The summed E-state index contributed by atoms with van der Waals surface area (Å²) in [7, 11) is -4.09. The van der Waals surface area contributed by atoms with E-state index in [9.17, 15) is 22.0 Å². The number of anilines is 1. The van der Waals surface area contributed by atoms with Crippen molar-refractivity contribution >= 4 is 21.6 Å². The summed E-state index contributed by atoms with van der Waals surface area (Å²) in [5, 5.41) is 0. The van der Waals surface area contributed by atoms with Crippen LogP contribution >= 0.6 is 0 Å². The summed E-state index contributed by atoms with van der Waals surface area (Å²) in [6.45, 7) is 1.14. The third kappa shape index (κ3) is 4.04. The number of nitrogens with one attached hydrogen (secondary N) is 1. The van der Waals surface area contributed by atoms with Gasteiger partial charge in [0.1, 0.15) is 0 Å². The Morgan fingerprint density at radius 1 is 0.900 bits per heavy atom. The number of carbonyl (C=O) groups excluding carboxylic acids is 1. The van der Waals surface area contributed by atoms with Crippen molar-refractivity contribution in [2.24, 2.45) is 0 Å². The number of hydrogen-bond donors (Lipinski definition) is 1. The van der Waals surface area contributed by atoms with Gasteiger partial charge in [-0.3, -0.25) is 9.52 Å². The van der Waals surface area contributed by atoms with E-state index in [1.54, 1.807) is 4.90 Å². The molecular formula is C22H18F2N2O3S. The maximum Gasteiger partial charge on any atom is 0.261 e. The first kappa shape index (κ1) is 20.0. The van der Waals surface area contributed by atoms with Gasteiger partial charge in [0.15, 0.2) is 11.6 Å². The van der Waals surface area contributed by atoms with E-state index in [2.05, 4.69) is 10.8 Å². The van der Waals surface area contributed by atoms with Crippen molar-refractivity contribution in [1.29, 1.82) is 0 Å². The van der Waals surface area contributed by atoms with Crippen molar-refractivity contribution in [2.45, 2.75) is 17.9 Å². The normalized spacial score (nSPS) is 13.6. The second kappa shape index (κ2) is 7.87. The number of nitrogens with zero attached hydrogens (tertiary/aromatic N) is 1. The molecule has 5 nitrogen and oxygen atoms in total. The summed E-state index contributed by atoms with van der Waals surface area (Å²) in [4.78, 5) is 14.2. The molecule has 3 aromatic carbocycles. The van der Waals surface area contributed by atoms with Crippen molar-refractivity contribution in [2.75, 3.05) is 11.3 Å². The molecule has 154 valence electrons. The van der Waals surface area contributed by atoms with E-state index in [1.165, 1.54) is 29.8 Å². The standard InChI is InChI=1S/C22H18F2N2O3S/c23-20-10-9-19(13-21(20)24)30(28,29)25-18-7-5-16(6-8-18)22(27)26-12-11-15-3-1-2-4-17(15)14-26/h1-10,13,25H,11-12,14H2. The molecule has 0 saturated carbocycles. The zero-order valence-electron chi connectivity index (χ0n) is 15.8. The van der Waals surface area contributed by atoms with Crippen LogP contribution in [0.25, 0.3) is 0 Å². The van der Waals surface area contributed by atoms with Crippen molar-refractivity contribution in [3.63, 3.8) is 0 Å². The lowest BCUT2D eigenvalue weighted by atomic mass is 9.99. The maximum atomic E-state index is 13.4. The Balaban J connectivity index is 1.47. The largest absolute Gasteiger partial charge is 0.334 e. The quantitative estimate of drug-likeness (QED) is 0.684. The second-order valence-corrected chi connectivity index (χ2v) is 8.69. The Labute approximate surface area is 173 Å². The third-order valence-corrected chi connectivity index (χ3v) is 6.38. The van der Waals surface area contributed by atoms with Crippen LogP contribution in [0, 0.1) is 11.6 Å². The van der Waals surface area contributed by atoms with Crippen LogP contribution in [-0.2, 0) is 23.0 Å². The van der Waals surface area contributed by atoms with Gasteiger partial charge in [-0.15, -0.1) is 0 Å². The molecule has 30 heavy (non-hydrogen) atoms. The summed E-state index contributed by atoms with van der Waals surface area (Å²) in [6, 6.07) is 16.3. The van der Waals surface area contributed by atoms with Crippen LogP contribution in [0.1, 0.15) is 21.5 Å². The summed E-state index contributed by atoms with van der Waals surface area (Å²) < 4.78 is 53.4. The number of halogens is 2. The van der Waals surface area contributed by atoms with Gasteiger partial charge in [0.2, 0.25) is 0 Å². The van der Waals surface area contributed by atoms with Gasteiger partial charge >= 0.3 is 0 Å². The number of fused-ring (bicyclic) bond motifs is 1. The van der Waals surface area contributed by atoms with Gasteiger partial charge in [0.25, 0.3) is 15.9 Å². The first-order valence-electron chi connectivity index (χ1n) is 9.27. The minimum atomic E-state index is -4.09. The average Bonchev–Trinajstić information content (AvgIpc) is 2.75. The predicted molar refractivity (Wildman–Crippen MR) is 108 cm³/mol. The number of carbonyl (C=O) groups is 1. The first-order valence-corrected chi connectivity index (χ1v) is 10.8. The average molecular weight is 428 g/mol. The van der Waals surface area contributed by atoms with Gasteiger partial charge in [0, 0.05) is 24.3 Å². The molecule has 0 spiro atoms. The zero-order valence-corrected chi connectivity index (χ0v) is 16.6. The van der Waals surface area contributed by atoms with E-state index in [4.69, 9.17) is 0 Å². The molecule has 0 saturated heterocycles. The fraction of sp³-hybridized carbons (Fsp3) is 0.136. The minimum absolute atomic E-state index is 0.139. The molecule has 1 heterocycles. The molecule has 1 amide bonds. The number of rotatable bonds is 4. The van der Waals surface area contributed by atoms with Crippen LogP contribution in [0.15, 0.2) is 71.6 Å². The summed E-state index contributed by atoms with van der Waals surface area (Å²) >= 11 is 0. The molecule has 0 bridgehead atoms. The molecule has 0 radical (unpaired) electrons. The van der Waals surface area contributed by atoms with Crippen LogP contribution in [-0.4, -0.2) is 25.8 Å². The van der Waals surface area contributed by atoms with Crippen LogP contribution in [0.4, 0.5) is 14.5 Å². The van der Waals surface area contributed by atoms with E-state index < -0.39 is 26.6 Å². The Morgan fingerprint density at radius 3 is 2.30 bits per heavy atom. The lowest BCUT2D eigenvalue weighted by Gasteiger charge is -2.29. The topological polar surface area (TPSA) is 66.5 Å². The highest BCUT2D eigenvalue weighted by Gasteiger charge is 2.22. The van der Waals surface area contributed by atoms with E-state index >= 15 is 0 Å². The van der Waals surface area contributed by atoms with Gasteiger partial charge in [-0.1, -0.05) is 24.3 Å². The van der Waals surface area contributed by atoms with Gasteiger partial charge in [-0.25, -0.2) is 17.2 Å². The van der Waals surface area contributed by atoms with Crippen LogP contribution in [0.5, 0.6) is 0 Å². The molecule has 1 aliphatic heterocycles. The van der Waals surface area contributed by atoms with E-state index in [-0.39, 0.29) is 11.6 Å². The van der Waals surface area contributed by atoms with Gasteiger partial charge < -0.3 is 4.90 Å². The molecule has 1 aliphatic rings. The highest BCUT2D eigenvalue weighted by atomic mass is 32.2. The Bertz CT molecular complexity index is 1210. The van der Waals surface area contributed by atoms with Crippen molar-refractivity contribution in [1.82, 2.24) is 4.90 Å². The molecule has 0 fully saturated rings. The summed E-state index contributed by atoms with van der Waals surface area (Å²) in [6.07, 6.45) is 0.786. The van der Waals surface area contributed by atoms with E-state index in [1.807, 2.05) is 18.2 Å². The Morgan fingerprint density at radius 2 is 1.60 bits per heavy atom. The van der Waals surface area contributed by atoms with Crippen LogP contribution in [0.2, 0.25) is 0 Å². The Kier molecular flexibility index (Phi) is 5.26. The van der Waals surface area contributed by atoms with Gasteiger partial charge in [-0.2, -0.15) is 0 Å². The molecule has 0 unspecified atom stereocenters. The van der Waals surface area contributed by atoms with E-state index in [0.717, 1.165) is 24.1 Å². The molecule has 3 aromatic rings. The van der Waals surface area contributed by atoms with Crippen LogP contribution < -0.4 is 4.72 Å². The smallest absolute Gasteiger partial charge is 0.261 e. The lowest BCUT2D eigenvalue weighted by Crippen LogP contribution is -2.35. The molecule has 1 N–H and O–H groups in total. The van der Waals surface area contributed by atoms with Gasteiger partial charge in [0.05, 0.1) is 4.90 Å². The lowest BCUT2D eigenvalue weighted by molar-refractivity contribution is 0.0734. The highest BCUT2D eigenvalue weighted by Crippen LogP contribution is 2.22. The van der Waals surface area contributed by atoms with Crippen LogP contribution in [0.3, 0.4) is 0 Å². The molecule has 4 rings (SSSR count). The SMILES string of the molecule is O=C(c1ccc(NS(=O)(=O)c2ccc(F)c(F)c2)cc1)N1CCc2ccccc2C1. The highest BCUT2D eigenvalue weighted by molar-refractivity contribution is 7.92. The molecule has 0 aromatic heterocycles. The molecule has 0 atom stereocenters. The predicted octanol–water partition coefficient (Wildman–Crippen LogP) is 3.96. The van der Waals surface area contributed by atoms with Crippen molar-refractivity contribution < 1.29 is 22.0 Å². The van der Waals surface area contributed by atoms with Crippen molar-refractivity contribution in [3.05, 3.63) is 95.1 Å². The molecule has 8 heteroatoms. The zero-order chi connectivity index (χ0) is 21.3. The van der Waals surface area contributed by atoms with Crippen molar-refractivity contribution in [3.8, 4) is 0 Å². The number of sulfonamides is 1. The Hall–Kier alpha value is -3.26. The number of benzene rings is 3. The van der Waals surface area contributed by atoms with Gasteiger partial charge in [-0.05, 0) is 60.0 Å². The molecular weight excluding hydrogens is 410 g/mol. The summed E-state index contributed by atoms with van der Waals surface area (Å²) in [5.74, 6) is -2.52. The summed E-state index contributed by atoms with van der Waals surface area (Å²) in [5.41, 5.74) is 3.00. The third-order valence-electron chi connectivity index (χ3n) is 5.00. The van der Waals surface area contributed by atoms with E-state index in [0.29, 0.717) is 24.7 Å². The number of amides is 1. The second-order valence-electron chi connectivity index (χ2n) is 7.00. The monoisotopic (exact) mass is 428 g/mol. The fourth-order valence-electron chi connectivity index (χ4n) is 3.39. The maximum absolute atomic E-state index is 13.4. The number of hydrogen-bond acceptors (Lipinski definition) is 3. The molecule has 0 aliphatic carbocycles. The first-order chi connectivity index (χ1) is 14.3.